The van der Waals surface area contributed by atoms with E-state index in [2.05, 4.69) is 35.5 Å². The average Bonchev–Trinajstić information content (AvgIpc) is 3.73. The molecule has 0 saturated heterocycles. The summed E-state index contributed by atoms with van der Waals surface area (Å²) >= 11 is 0. The van der Waals surface area contributed by atoms with Crippen LogP contribution in [0.15, 0.2) is 102 Å². The van der Waals surface area contributed by atoms with Gasteiger partial charge in [0.05, 0.1) is 30.1 Å². The monoisotopic (exact) mass is 497 g/mol. The first-order valence-electron chi connectivity index (χ1n) is 11.9. The van der Waals surface area contributed by atoms with Crippen LogP contribution in [0.4, 0.5) is 5.69 Å². The molecule has 0 bridgehead atoms. The van der Waals surface area contributed by atoms with Crippen molar-refractivity contribution in [1.82, 2.24) is 30.1 Å². The maximum atomic E-state index is 12.6. The van der Waals surface area contributed by atoms with Gasteiger partial charge in [-0.15, -0.1) is 0 Å². The summed E-state index contributed by atoms with van der Waals surface area (Å²) < 4.78 is 5.28. The third kappa shape index (κ3) is 3.79. The summed E-state index contributed by atoms with van der Waals surface area (Å²) in [5.41, 5.74) is 7.79. The number of carbonyl (C=O) groups is 1. The number of benzene rings is 1. The van der Waals surface area contributed by atoms with Crippen LogP contribution in [0.3, 0.4) is 0 Å². The highest BCUT2D eigenvalue weighted by molar-refractivity contribution is 6.04. The normalized spacial score (nSPS) is 11.3. The third-order valence-corrected chi connectivity index (χ3v) is 6.40. The number of nitrogens with zero attached hydrogens (tertiary/aromatic N) is 4. The average molecular weight is 498 g/mol. The molecule has 0 fully saturated rings. The van der Waals surface area contributed by atoms with Gasteiger partial charge in [0.1, 0.15) is 11.3 Å². The smallest absolute Gasteiger partial charge is 0.255 e. The van der Waals surface area contributed by atoms with Gasteiger partial charge in [0.25, 0.3) is 5.91 Å². The molecule has 9 heteroatoms. The maximum absolute atomic E-state index is 12.6. The van der Waals surface area contributed by atoms with Crippen LogP contribution in [-0.4, -0.2) is 36.0 Å². The minimum absolute atomic E-state index is 0.197. The van der Waals surface area contributed by atoms with Crippen molar-refractivity contribution in [1.29, 1.82) is 0 Å². The molecule has 1 aromatic carbocycles. The second-order valence-corrected chi connectivity index (χ2v) is 8.79. The molecule has 38 heavy (non-hydrogen) atoms. The Labute approximate surface area is 215 Å². The predicted octanol–water partition coefficient (Wildman–Crippen LogP) is 6.08. The number of rotatable bonds is 5. The SMILES string of the molecule is O=C(Nc1cncc(-c2cnc3[nH]nc(-c4cc5c(-c6ccoc6)ccnc5[nH]4)c3c2)c1)c1ccccc1. The number of nitrogens with one attached hydrogen (secondary N) is 3. The highest BCUT2D eigenvalue weighted by Crippen LogP contribution is 2.34. The molecule has 182 valence electrons. The lowest BCUT2D eigenvalue weighted by Crippen LogP contribution is -2.11. The summed E-state index contributed by atoms with van der Waals surface area (Å²) in [5.74, 6) is -0.197. The zero-order valence-electron chi connectivity index (χ0n) is 19.8. The van der Waals surface area contributed by atoms with E-state index in [9.17, 15) is 4.79 Å². The Morgan fingerprint density at radius 2 is 1.74 bits per heavy atom. The van der Waals surface area contributed by atoms with E-state index in [1.54, 1.807) is 49.4 Å². The van der Waals surface area contributed by atoms with E-state index in [0.717, 1.165) is 50.1 Å². The van der Waals surface area contributed by atoms with Crippen molar-refractivity contribution in [3.8, 4) is 33.6 Å². The van der Waals surface area contributed by atoms with E-state index in [4.69, 9.17) is 4.42 Å². The Kier molecular flexibility index (Phi) is 5.04. The fourth-order valence-electron chi connectivity index (χ4n) is 4.55. The fourth-order valence-corrected chi connectivity index (χ4v) is 4.55. The third-order valence-electron chi connectivity index (χ3n) is 6.40. The van der Waals surface area contributed by atoms with Gasteiger partial charge in [-0.3, -0.25) is 14.9 Å². The molecule has 7 rings (SSSR count). The van der Waals surface area contributed by atoms with Crippen molar-refractivity contribution in [3.05, 3.63) is 104 Å². The quantitative estimate of drug-likeness (QED) is 0.265. The Balaban J connectivity index is 1.25. The molecule has 3 N–H and O–H groups in total. The van der Waals surface area contributed by atoms with E-state index in [1.165, 1.54) is 0 Å². The molecule has 0 radical (unpaired) electrons. The van der Waals surface area contributed by atoms with Crippen LogP contribution >= 0.6 is 0 Å². The van der Waals surface area contributed by atoms with E-state index in [-0.39, 0.29) is 5.91 Å². The van der Waals surface area contributed by atoms with E-state index < -0.39 is 0 Å². The number of carbonyl (C=O) groups excluding carboxylic acids is 1. The predicted molar refractivity (Wildman–Crippen MR) is 144 cm³/mol. The molecule has 6 aromatic heterocycles. The molecular weight excluding hydrogens is 478 g/mol. The molecule has 0 saturated carbocycles. The Morgan fingerprint density at radius 3 is 2.61 bits per heavy atom. The first-order valence-corrected chi connectivity index (χ1v) is 11.9. The van der Waals surface area contributed by atoms with Crippen LogP contribution in [0.1, 0.15) is 10.4 Å². The fraction of sp³-hybridized carbons (Fsp3) is 0. The summed E-state index contributed by atoms with van der Waals surface area (Å²) in [6, 6.07) is 18.9. The molecule has 0 aliphatic rings. The van der Waals surface area contributed by atoms with Gasteiger partial charge >= 0.3 is 0 Å². The molecule has 0 aliphatic heterocycles. The Morgan fingerprint density at radius 1 is 0.842 bits per heavy atom. The molecular formula is C29H19N7O2. The minimum atomic E-state index is -0.197. The molecule has 9 nitrogen and oxygen atoms in total. The van der Waals surface area contributed by atoms with Crippen molar-refractivity contribution >= 4 is 33.7 Å². The van der Waals surface area contributed by atoms with Gasteiger partial charge in [-0.25, -0.2) is 9.97 Å². The number of pyridine rings is 3. The van der Waals surface area contributed by atoms with Crippen LogP contribution in [0, 0.1) is 0 Å². The number of fused-ring (bicyclic) bond motifs is 2. The van der Waals surface area contributed by atoms with E-state index in [0.29, 0.717) is 16.9 Å². The number of H-pyrrole nitrogens is 2. The van der Waals surface area contributed by atoms with Crippen LogP contribution in [0.25, 0.3) is 55.7 Å². The van der Waals surface area contributed by atoms with Crippen LogP contribution in [-0.2, 0) is 0 Å². The molecule has 0 atom stereocenters. The molecule has 0 spiro atoms. The van der Waals surface area contributed by atoms with Crippen molar-refractivity contribution in [2.75, 3.05) is 5.32 Å². The highest BCUT2D eigenvalue weighted by atomic mass is 16.3. The topological polar surface area (TPSA) is 125 Å². The van der Waals surface area contributed by atoms with E-state index in [1.807, 2.05) is 48.5 Å². The zero-order valence-corrected chi connectivity index (χ0v) is 19.8. The first kappa shape index (κ1) is 21.7. The molecule has 7 aromatic rings. The number of anilines is 1. The largest absolute Gasteiger partial charge is 0.472 e. The number of amides is 1. The van der Waals surface area contributed by atoms with Crippen molar-refractivity contribution < 1.29 is 9.21 Å². The molecule has 0 unspecified atom stereocenters. The van der Waals surface area contributed by atoms with Crippen LogP contribution in [0.2, 0.25) is 0 Å². The maximum Gasteiger partial charge on any atom is 0.255 e. The Hall–Kier alpha value is -5.57. The summed E-state index contributed by atoms with van der Waals surface area (Å²) in [6.45, 7) is 0. The van der Waals surface area contributed by atoms with Crippen LogP contribution in [0.5, 0.6) is 0 Å². The minimum Gasteiger partial charge on any atom is -0.472 e. The Bertz CT molecular complexity index is 1920. The second kappa shape index (κ2) is 8.82. The van der Waals surface area contributed by atoms with Gasteiger partial charge in [-0.05, 0) is 48.0 Å². The zero-order chi connectivity index (χ0) is 25.5. The number of hydrogen-bond acceptors (Lipinski definition) is 6. The van der Waals surface area contributed by atoms with Crippen LogP contribution < -0.4 is 5.32 Å². The van der Waals surface area contributed by atoms with Gasteiger partial charge < -0.3 is 14.7 Å². The lowest BCUT2D eigenvalue weighted by Gasteiger charge is -2.07. The van der Waals surface area contributed by atoms with Gasteiger partial charge in [0, 0.05) is 51.6 Å². The lowest BCUT2D eigenvalue weighted by molar-refractivity contribution is 0.102. The second-order valence-electron chi connectivity index (χ2n) is 8.79. The number of aromatic nitrogens is 6. The van der Waals surface area contributed by atoms with E-state index >= 15 is 0 Å². The standard InChI is InChI=1S/C29H19N7O2/c37-29(17-4-2-1-3-5-17)33-21-10-19(13-30-15-21)20-11-24-26(35-36-28(24)32-14-20)25-12-23-22(18-7-9-38-16-18)6-8-31-27(23)34-25/h1-16H,(H,31,34)(H,33,37)(H,32,35,36). The lowest BCUT2D eigenvalue weighted by atomic mass is 10.1. The number of aromatic amines is 2. The van der Waals surface area contributed by atoms with Gasteiger partial charge in [-0.1, -0.05) is 18.2 Å². The van der Waals surface area contributed by atoms with Gasteiger partial charge in [0.2, 0.25) is 0 Å². The van der Waals surface area contributed by atoms with Gasteiger partial charge in [0.15, 0.2) is 5.65 Å². The van der Waals surface area contributed by atoms with Crippen molar-refractivity contribution in [2.24, 2.45) is 0 Å². The number of hydrogen-bond donors (Lipinski definition) is 3. The summed E-state index contributed by atoms with van der Waals surface area (Å²) in [6.07, 6.45) is 10.3. The summed E-state index contributed by atoms with van der Waals surface area (Å²) in [5, 5.41) is 12.3. The first-order chi connectivity index (χ1) is 18.7. The molecule has 1 amide bonds. The summed E-state index contributed by atoms with van der Waals surface area (Å²) in [4.78, 5) is 29.4. The number of furan rings is 1. The van der Waals surface area contributed by atoms with Gasteiger partial charge in [-0.2, -0.15) is 5.10 Å². The summed E-state index contributed by atoms with van der Waals surface area (Å²) in [7, 11) is 0. The highest BCUT2D eigenvalue weighted by Gasteiger charge is 2.16. The molecule has 0 aliphatic carbocycles. The van der Waals surface area contributed by atoms with Crippen molar-refractivity contribution in [2.45, 2.75) is 0 Å². The van der Waals surface area contributed by atoms with Crippen molar-refractivity contribution in [3.63, 3.8) is 0 Å². The molecule has 6 heterocycles.